The van der Waals surface area contributed by atoms with Gasteiger partial charge in [0.1, 0.15) is 0 Å². The van der Waals surface area contributed by atoms with Crippen molar-refractivity contribution in [2.45, 2.75) is 9.72 Å². The van der Waals surface area contributed by atoms with E-state index < -0.39 is 10.0 Å². The second kappa shape index (κ2) is 6.67. The number of halogens is 1. The minimum Gasteiger partial charge on any atom is -0.383 e. The van der Waals surface area contributed by atoms with E-state index in [9.17, 15) is 8.42 Å². The molecule has 108 valence electrons. The Morgan fingerprint density at radius 1 is 1.20 bits per heavy atom. The predicted molar refractivity (Wildman–Crippen MR) is 83.7 cm³/mol. The van der Waals surface area contributed by atoms with Crippen LogP contribution in [-0.2, 0) is 14.8 Å². The third-order valence-electron chi connectivity index (χ3n) is 2.88. The number of alkyl halides is 1. The zero-order chi connectivity index (χ0) is 14.6. The molecule has 0 fully saturated rings. The van der Waals surface area contributed by atoms with Gasteiger partial charge in [0.05, 0.1) is 16.3 Å². The molecule has 0 aliphatic carbocycles. The Morgan fingerprint density at radius 3 is 2.65 bits per heavy atom. The van der Waals surface area contributed by atoms with Crippen LogP contribution >= 0.6 is 15.9 Å². The predicted octanol–water partition coefficient (Wildman–Crippen LogP) is 2.53. The average molecular weight is 358 g/mol. The summed E-state index contributed by atoms with van der Waals surface area (Å²) < 4.78 is 32.3. The molecule has 0 amide bonds. The summed E-state index contributed by atoms with van der Waals surface area (Å²) in [7, 11) is -1.96. The molecule has 2 aromatic rings. The zero-order valence-electron chi connectivity index (χ0n) is 11.0. The maximum atomic E-state index is 12.4. The lowest BCUT2D eigenvalue weighted by molar-refractivity contribution is 0.201. The van der Waals surface area contributed by atoms with Gasteiger partial charge < -0.3 is 4.74 Å². The molecule has 0 bridgehead atoms. The third kappa shape index (κ3) is 3.58. The first-order chi connectivity index (χ1) is 9.54. The lowest BCUT2D eigenvalue weighted by Gasteiger charge is -2.12. The summed E-state index contributed by atoms with van der Waals surface area (Å²) in [5.41, 5.74) is 0. The maximum absolute atomic E-state index is 12.4. The first-order valence-corrected chi connectivity index (χ1v) is 8.55. The van der Waals surface area contributed by atoms with E-state index in [0.29, 0.717) is 11.5 Å². The molecular formula is C14H16BrNO3S. The van der Waals surface area contributed by atoms with Crippen LogP contribution in [0.4, 0.5) is 0 Å². The highest BCUT2D eigenvalue weighted by molar-refractivity contribution is 9.09. The van der Waals surface area contributed by atoms with Crippen LogP contribution in [-0.4, -0.2) is 33.5 Å². The summed E-state index contributed by atoms with van der Waals surface area (Å²) in [6.07, 6.45) is 0. The van der Waals surface area contributed by atoms with Gasteiger partial charge in [0.25, 0.3) is 0 Å². The van der Waals surface area contributed by atoms with E-state index >= 15 is 0 Å². The van der Waals surface area contributed by atoms with E-state index in [0.717, 1.165) is 10.8 Å². The van der Waals surface area contributed by atoms with Crippen LogP contribution < -0.4 is 4.72 Å². The van der Waals surface area contributed by atoms with Crippen molar-refractivity contribution in [2.24, 2.45) is 0 Å². The van der Waals surface area contributed by atoms with E-state index in [2.05, 4.69) is 20.7 Å². The molecule has 0 saturated carbocycles. The molecule has 0 aliphatic rings. The van der Waals surface area contributed by atoms with E-state index in [-0.39, 0.29) is 11.4 Å². The standard InChI is InChI=1S/C14H16BrNO3S/c1-19-10-12(15)9-16-20(17,18)14-8-4-6-11-5-2-3-7-13(11)14/h2-8,12,16H,9-10H2,1H3. The molecule has 20 heavy (non-hydrogen) atoms. The summed E-state index contributed by atoms with van der Waals surface area (Å²) in [4.78, 5) is 0.241. The number of benzene rings is 2. The molecule has 0 spiro atoms. The van der Waals surface area contributed by atoms with Crippen molar-refractivity contribution >= 4 is 36.7 Å². The number of sulfonamides is 1. The van der Waals surface area contributed by atoms with Gasteiger partial charge in [0.2, 0.25) is 10.0 Å². The molecule has 4 nitrogen and oxygen atoms in total. The Kier molecular flexibility index (Phi) is 5.15. The second-order valence-corrected chi connectivity index (χ2v) is 7.41. The highest BCUT2D eigenvalue weighted by atomic mass is 79.9. The fourth-order valence-electron chi connectivity index (χ4n) is 1.95. The van der Waals surface area contributed by atoms with E-state index in [1.807, 2.05) is 30.3 Å². The van der Waals surface area contributed by atoms with Gasteiger partial charge in [0, 0.05) is 19.0 Å². The molecule has 6 heteroatoms. The fraction of sp³-hybridized carbons (Fsp3) is 0.286. The largest absolute Gasteiger partial charge is 0.383 e. The van der Waals surface area contributed by atoms with E-state index in [4.69, 9.17) is 4.74 Å². The van der Waals surface area contributed by atoms with Crippen molar-refractivity contribution in [1.82, 2.24) is 4.72 Å². The molecule has 0 aromatic heterocycles. The average Bonchev–Trinajstić information content (AvgIpc) is 2.45. The molecule has 0 saturated heterocycles. The van der Waals surface area contributed by atoms with Gasteiger partial charge in [-0.2, -0.15) is 0 Å². The quantitative estimate of drug-likeness (QED) is 0.808. The third-order valence-corrected chi connectivity index (χ3v) is 4.95. The van der Waals surface area contributed by atoms with Gasteiger partial charge in [-0.25, -0.2) is 13.1 Å². The number of ether oxygens (including phenoxy) is 1. The Morgan fingerprint density at radius 2 is 1.90 bits per heavy atom. The fourth-order valence-corrected chi connectivity index (χ4v) is 3.90. The number of nitrogens with one attached hydrogen (secondary N) is 1. The number of fused-ring (bicyclic) bond motifs is 1. The van der Waals surface area contributed by atoms with Crippen molar-refractivity contribution in [2.75, 3.05) is 20.3 Å². The number of hydrogen-bond donors (Lipinski definition) is 1. The van der Waals surface area contributed by atoms with Crippen LogP contribution in [0.1, 0.15) is 0 Å². The minimum atomic E-state index is -3.54. The lowest BCUT2D eigenvalue weighted by Crippen LogP contribution is -2.31. The molecule has 0 radical (unpaired) electrons. The zero-order valence-corrected chi connectivity index (χ0v) is 13.4. The minimum absolute atomic E-state index is 0.0581. The topological polar surface area (TPSA) is 55.4 Å². The molecule has 2 rings (SSSR count). The van der Waals surface area contributed by atoms with E-state index in [1.54, 1.807) is 19.2 Å². The molecule has 2 aromatic carbocycles. The van der Waals surface area contributed by atoms with Gasteiger partial charge in [-0.1, -0.05) is 52.3 Å². The summed E-state index contributed by atoms with van der Waals surface area (Å²) in [5, 5.41) is 1.63. The Hall–Kier alpha value is -0.950. The Bertz CT molecular complexity index is 682. The smallest absolute Gasteiger partial charge is 0.241 e. The van der Waals surface area contributed by atoms with E-state index in [1.165, 1.54) is 0 Å². The summed E-state index contributed by atoms with van der Waals surface area (Å²) in [5.74, 6) is 0. The highest BCUT2D eigenvalue weighted by Crippen LogP contribution is 2.22. The molecule has 1 unspecified atom stereocenters. The van der Waals surface area contributed by atoms with Gasteiger partial charge in [-0.05, 0) is 11.5 Å². The maximum Gasteiger partial charge on any atom is 0.241 e. The van der Waals surface area contributed by atoms with Crippen molar-refractivity contribution < 1.29 is 13.2 Å². The first-order valence-electron chi connectivity index (χ1n) is 6.15. The van der Waals surface area contributed by atoms with Crippen LogP contribution in [0.3, 0.4) is 0 Å². The van der Waals surface area contributed by atoms with Crippen LogP contribution in [0.5, 0.6) is 0 Å². The van der Waals surface area contributed by atoms with Gasteiger partial charge >= 0.3 is 0 Å². The summed E-state index contributed by atoms with van der Waals surface area (Å²) in [6, 6.07) is 12.7. The lowest BCUT2D eigenvalue weighted by atomic mass is 10.1. The Balaban J connectivity index is 2.28. The van der Waals surface area contributed by atoms with Crippen molar-refractivity contribution in [3.63, 3.8) is 0 Å². The molecule has 1 atom stereocenters. The SMILES string of the molecule is COCC(Br)CNS(=O)(=O)c1cccc2ccccc12. The first kappa shape index (κ1) is 15.4. The number of hydrogen-bond acceptors (Lipinski definition) is 3. The highest BCUT2D eigenvalue weighted by Gasteiger charge is 2.18. The van der Waals surface area contributed by atoms with Crippen LogP contribution in [0.2, 0.25) is 0 Å². The normalized spacial score (nSPS) is 13.5. The van der Waals surface area contributed by atoms with Gasteiger partial charge in [-0.15, -0.1) is 0 Å². The number of methoxy groups -OCH3 is 1. The monoisotopic (exact) mass is 357 g/mol. The van der Waals surface area contributed by atoms with Crippen molar-refractivity contribution in [3.8, 4) is 0 Å². The molecule has 0 heterocycles. The molecule has 0 aliphatic heterocycles. The molecular weight excluding hydrogens is 342 g/mol. The van der Waals surface area contributed by atoms with Gasteiger partial charge in [-0.3, -0.25) is 0 Å². The number of rotatable bonds is 6. The van der Waals surface area contributed by atoms with Crippen molar-refractivity contribution in [1.29, 1.82) is 0 Å². The summed E-state index contributed by atoms with van der Waals surface area (Å²) in [6.45, 7) is 0.720. The van der Waals surface area contributed by atoms with Crippen LogP contribution in [0.25, 0.3) is 10.8 Å². The molecule has 1 N–H and O–H groups in total. The second-order valence-electron chi connectivity index (χ2n) is 4.38. The Labute approximate surface area is 127 Å². The summed E-state index contributed by atoms with van der Waals surface area (Å²) >= 11 is 3.36. The van der Waals surface area contributed by atoms with Crippen LogP contribution in [0.15, 0.2) is 47.4 Å². The van der Waals surface area contributed by atoms with Crippen LogP contribution in [0, 0.1) is 0 Å². The van der Waals surface area contributed by atoms with Crippen molar-refractivity contribution in [3.05, 3.63) is 42.5 Å². The van der Waals surface area contributed by atoms with Gasteiger partial charge in [0.15, 0.2) is 0 Å².